The van der Waals surface area contributed by atoms with E-state index in [1.807, 2.05) is 68.4 Å². The van der Waals surface area contributed by atoms with Gasteiger partial charge in [-0.3, -0.25) is 9.59 Å². The van der Waals surface area contributed by atoms with E-state index in [0.717, 1.165) is 29.7 Å². The molecular weight excluding hydrogens is 486 g/mol. The monoisotopic (exact) mass is 526 g/mol. The van der Waals surface area contributed by atoms with Gasteiger partial charge in [-0.1, -0.05) is 56.3 Å². The lowest BCUT2D eigenvalue weighted by Gasteiger charge is -2.24. The molecule has 3 atom stereocenters. The lowest BCUT2D eigenvalue weighted by atomic mass is 10.0. The third kappa shape index (κ3) is 9.70. The minimum Gasteiger partial charge on any atom is -0.494 e. The number of amides is 2. The topological polar surface area (TPSA) is 131 Å². The maximum atomic E-state index is 13.5. The van der Waals surface area contributed by atoms with Crippen molar-refractivity contribution in [2.45, 2.75) is 70.7 Å². The van der Waals surface area contributed by atoms with Crippen molar-refractivity contribution in [1.82, 2.24) is 10.6 Å². The first-order valence-corrected chi connectivity index (χ1v) is 13.3. The van der Waals surface area contributed by atoms with Gasteiger partial charge in [-0.05, 0) is 54.9 Å². The summed E-state index contributed by atoms with van der Waals surface area (Å²) in [5.41, 5.74) is 1.71. The van der Waals surface area contributed by atoms with E-state index in [4.69, 9.17) is 9.47 Å². The maximum absolute atomic E-state index is 13.5. The largest absolute Gasteiger partial charge is 0.546 e. The maximum Gasteiger partial charge on any atom is 0.546 e. The van der Waals surface area contributed by atoms with E-state index in [2.05, 4.69) is 15.6 Å². The van der Waals surface area contributed by atoms with Crippen molar-refractivity contribution in [2.24, 2.45) is 5.92 Å². The number of fused-ring (bicyclic) bond motifs is 14. The number of hydrogen-bond donors (Lipinski definition) is 5. The van der Waals surface area contributed by atoms with Crippen LogP contribution in [0, 0.1) is 5.92 Å². The molecule has 0 aliphatic carbocycles. The summed E-state index contributed by atoms with van der Waals surface area (Å²) in [4.78, 5) is 29.4. The first kappa shape index (κ1) is 29.0. The van der Waals surface area contributed by atoms with E-state index in [9.17, 15) is 19.8 Å². The normalized spacial score (nSPS) is 21.8. The molecule has 2 heterocycles. The molecule has 2 bridgehead atoms. The van der Waals surface area contributed by atoms with Crippen LogP contribution in [-0.4, -0.2) is 59.5 Å². The molecule has 0 radical (unpaired) electrons. The number of hydrogen-bond acceptors (Lipinski definition) is 5. The van der Waals surface area contributed by atoms with Crippen LogP contribution in [0.3, 0.4) is 0 Å². The molecule has 4 rings (SSSR count). The zero-order valence-corrected chi connectivity index (χ0v) is 22.2. The number of benzene rings is 2. The highest BCUT2D eigenvalue weighted by Gasteiger charge is 2.31. The number of aliphatic hydroxyl groups is 2. The zero-order chi connectivity index (χ0) is 27.3. The van der Waals surface area contributed by atoms with E-state index in [1.165, 1.54) is 0 Å². The van der Waals surface area contributed by atoms with Crippen molar-refractivity contribution >= 4 is 17.9 Å². The number of nitrogens with one attached hydrogen (secondary N) is 3. The summed E-state index contributed by atoms with van der Waals surface area (Å²) in [6.07, 6.45) is 2.33. The van der Waals surface area contributed by atoms with E-state index in [1.54, 1.807) is 0 Å². The van der Waals surface area contributed by atoms with Gasteiger partial charge in [-0.2, -0.15) is 4.99 Å². The fourth-order valence-electron chi connectivity index (χ4n) is 4.25. The molecule has 0 spiro atoms. The highest BCUT2D eigenvalue weighted by molar-refractivity contribution is 5.89. The van der Waals surface area contributed by atoms with Gasteiger partial charge in [0.15, 0.2) is 0 Å². The van der Waals surface area contributed by atoms with Gasteiger partial charge in [0.25, 0.3) is 5.91 Å². The molecule has 0 saturated heterocycles. The standard InChI is InChI=1S/C29H39N3O6/c1-20(2)16-25-27(34)30-23(18-33)10-6-7-15-37-24-13-11-21(12-14-24)17-26(28(35)31-25)32-29(36)38-19-22-8-4-3-5-9-22/h3-5,8-9,11-14,20,23,25-26,33H,6-7,10,15-19H2,1-2H3,(H,30,34)(H,31,35)(H,32,36)/p+1/t23-,25-,26-/m0/s1. The highest BCUT2D eigenvalue weighted by Crippen LogP contribution is 2.15. The van der Waals surface area contributed by atoms with Crippen molar-refractivity contribution in [3.8, 4) is 5.75 Å². The predicted octanol–water partition coefficient (Wildman–Crippen LogP) is 1.38. The Bertz CT molecular complexity index is 1040. The van der Waals surface area contributed by atoms with E-state index in [-0.39, 0.29) is 31.5 Å². The van der Waals surface area contributed by atoms with Gasteiger partial charge in [-0.25, -0.2) is 0 Å². The third-order valence-electron chi connectivity index (χ3n) is 6.32. The highest BCUT2D eigenvalue weighted by atomic mass is 16.6. The number of ether oxygens (including phenoxy) is 2. The minimum absolute atomic E-state index is 0.126. The van der Waals surface area contributed by atoms with Crippen LogP contribution in [0.15, 0.2) is 54.6 Å². The van der Waals surface area contributed by atoms with Gasteiger partial charge in [0.05, 0.1) is 19.3 Å². The number of aliphatic hydroxyl groups excluding tert-OH is 2. The molecule has 2 aromatic carbocycles. The van der Waals surface area contributed by atoms with Crippen LogP contribution in [0.4, 0.5) is 0 Å². The summed E-state index contributed by atoms with van der Waals surface area (Å²) in [6.45, 7) is 4.40. The summed E-state index contributed by atoms with van der Waals surface area (Å²) in [5, 5.41) is 26.0. The summed E-state index contributed by atoms with van der Waals surface area (Å²) < 4.78 is 11.3. The van der Waals surface area contributed by atoms with Crippen molar-refractivity contribution < 1.29 is 34.3 Å². The second kappa shape index (κ2) is 15.0. The van der Waals surface area contributed by atoms with E-state index < -0.39 is 30.1 Å². The van der Waals surface area contributed by atoms with Gasteiger partial charge in [-0.15, -0.1) is 0 Å². The zero-order valence-electron chi connectivity index (χ0n) is 22.2. The number of carbonyl (C=O) groups excluding carboxylic acids is 2. The quantitative estimate of drug-likeness (QED) is 0.286. The smallest absolute Gasteiger partial charge is 0.494 e. The third-order valence-corrected chi connectivity index (χ3v) is 6.32. The predicted molar refractivity (Wildman–Crippen MR) is 144 cm³/mol. The molecule has 5 N–H and O–H groups in total. The molecule has 9 nitrogen and oxygen atoms in total. The van der Waals surface area contributed by atoms with Crippen LogP contribution in [0.5, 0.6) is 5.75 Å². The average molecular weight is 527 g/mol. The second-order valence-electron chi connectivity index (χ2n) is 10.0. The summed E-state index contributed by atoms with van der Waals surface area (Å²) in [5.74, 6) is 0.0587. The van der Waals surface area contributed by atoms with E-state index >= 15 is 0 Å². The fourth-order valence-corrected chi connectivity index (χ4v) is 4.25. The molecule has 2 amide bonds. The average Bonchev–Trinajstić information content (AvgIpc) is 2.91. The molecular formula is C29H40N3O6+. The van der Waals surface area contributed by atoms with Crippen LogP contribution in [0.25, 0.3) is 0 Å². The first-order valence-electron chi connectivity index (χ1n) is 13.3. The van der Waals surface area contributed by atoms with Gasteiger partial charge in [0, 0.05) is 6.42 Å². The van der Waals surface area contributed by atoms with Crippen LogP contribution in [-0.2, 0) is 27.4 Å². The Hall–Kier alpha value is -3.59. The van der Waals surface area contributed by atoms with Crippen molar-refractivity contribution in [1.29, 1.82) is 0 Å². The Kier molecular flexibility index (Phi) is 11.4. The molecule has 206 valence electrons. The molecule has 2 aromatic rings. The number of rotatable bonds is 6. The van der Waals surface area contributed by atoms with Gasteiger partial charge in [0.1, 0.15) is 18.4 Å². The summed E-state index contributed by atoms with van der Waals surface area (Å²) in [7, 11) is 0. The van der Waals surface area contributed by atoms with E-state index in [0.29, 0.717) is 19.4 Å². The fraction of sp³-hybridized carbons (Fsp3) is 0.483. The molecule has 0 aromatic heterocycles. The second-order valence-corrected chi connectivity index (χ2v) is 10.0. The van der Waals surface area contributed by atoms with Crippen LogP contribution in [0.1, 0.15) is 50.7 Å². The lowest BCUT2D eigenvalue weighted by molar-refractivity contribution is -0.507. The Morgan fingerprint density at radius 2 is 1.79 bits per heavy atom. The van der Waals surface area contributed by atoms with Gasteiger partial charge >= 0.3 is 6.08 Å². The van der Waals surface area contributed by atoms with Crippen LogP contribution in [0.2, 0.25) is 0 Å². The van der Waals surface area contributed by atoms with Crippen molar-refractivity contribution in [3.05, 3.63) is 65.7 Å². The Morgan fingerprint density at radius 3 is 2.47 bits per heavy atom. The molecule has 9 heteroatoms. The molecule has 0 saturated carbocycles. The number of carbonyl (C=O) groups is 2. The Labute approximate surface area is 224 Å². The minimum atomic E-state index is -0.913. The van der Waals surface area contributed by atoms with Crippen LogP contribution >= 0.6 is 0 Å². The van der Waals surface area contributed by atoms with Crippen LogP contribution < -0.4 is 20.4 Å². The Balaban J connectivity index is 1.85. The SMILES string of the molecule is CC(C)C[C@@H]1NC(=O)[C@@H]([NH+]=C(O)OCc2ccccc2)Cc2ccc(cc2)OCCCC[C@@H](CO)NC1=O. The first-order chi connectivity index (χ1) is 18.3. The molecule has 38 heavy (non-hydrogen) atoms. The van der Waals surface area contributed by atoms with Crippen molar-refractivity contribution in [2.75, 3.05) is 13.2 Å². The summed E-state index contributed by atoms with van der Waals surface area (Å²) in [6, 6.07) is 14.7. The van der Waals surface area contributed by atoms with Gasteiger partial charge < -0.3 is 30.3 Å². The van der Waals surface area contributed by atoms with Gasteiger partial charge in [0.2, 0.25) is 11.9 Å². The lowest BCUT2D eigenvalue weighted by Crippen LogP contribution is -2.84. The summed E-state index contributed by atoms with van der Waals surface area (Å²) >= 11 is 0. The molecule has 0 unspecified atom stereocenters. The molecule has 0 fully saturated rings. The molecule has 2 aliphatic heterocycles. The van der Waals surface area contributed by atoms with Crippen molar-refractivity contribution in [3.63, 3.8) is 0 Å². The molecule has 2 aliphatic rings. The Morgan fingerprint density at radius 1 is 1.05 bits per heavy atom.